The third-order valence-corrected chi connectivity index (χ3v) is 2.75. The van der Waals surface area contributed by atoms with Gasteiger partial charge in [-0.2, -0.15) is 0 Å². The maximum atomic E-state index is 12.1. The summed E-state index contributed by atoms with van der Waals surface area (Å²) in [5.41, 5.74) is 5.08. The van der Waals surface area contributed by atoms with Crippen LogP contribution in [0.1, 0.15) is 27.3 Å². The van der Waals surface area contributed by atoms with Gasteiger partial charge < -0.3 is 9.95 Å². The number of aromatic nitrogens is 2. The molecule has 19 heavy (non-hydrogen) atoms. The number of carbonyl (C=O) groups excluding carboxylic acids is 1. The van der Waals surface area contributed by atoms with Gasteiger partial charge in [0.1, 0.15) is 5.82 Å². The lowest BCUT2D eigenvalue weighted by molar-refractivity contribution is 0.102. The van der Waals surface area contributed by atoms with E-state index in [4.69, 9.17) is 10.4 Å². The van der Waals surface area contributed by atoms with E-state index < -0.39 is 0 Å². The van der Waals surface area contributed by atoms with Crippen LogP contribution in [-0.2, 0) is 0 Å². The lowest BCUT2D eigenvalue weighted by Gasteiger charge is -2.06. The standard InChI is InChI=1S/C12H15N5O2/c1-6-4-9(5-10(14-6)16-13)11(18)15-12-7(2)8(3)17-19-12/h4-5H,13H2,1-3H3,(H,14,16)(H,15,18). The number of hydrazine groups is 1. The fraction of sp³-hybridized carbons (Fsp3) is 0.250. The van der Waals surface area contributed by atoms with Crippen LogP contribution in [0.2, 0.25) is 0 Å². The number of pyridine rings is 1. The Morgan fingerprint density at radius 3 is 2.63 bits per heavy atom. The number of nitrogens with one attached hydrogen (secondary N) is 2. The van der Waals surface area contributed by atoms with Crippen LogP contribution < -0.4 is 16.6 Å². The van der Waals surface area contributed by atoms with Crippen molar-refractivity contribution in [2.75, 3.05) is 10.7 Å². The molecule has 7 nitrogen and oxygen atoms in total. The maximum absolute atomic E-state index is 12.1. The van der Waals surface area contributed by atoms with Crippen LogP contribution in [-0.4, -0.2) is 16.0 Å². The van der Waals surface area contributed by atoms with Gasteiger partial charge in [0.05, 0.1) is 5.69 Å². The lowest BCUT2D eigenvalue weighted by Crippen LogP contribution is -2.15. The van der Waals surface area contributed by atoms with E-state index in [1.54, 1.807) is 19.1 Å². The number of anilines is 2. The third-order valence-electron chi connectivity index (χ3n) is 2.75. The van der Waals surface area contributed by atoms with Gasteiger partial charge in [0.25, 0.3) is 5.91 Å². The van der Waals surface area contributed by atoms with Gasteiger partial charge in [-0.1, -0.05) is 5.16 Å². The molecular formula is C12H15N5O2. The van der Waals surface area contributed by atoms with E-state index in [-0.39, 0.29) is 5.91 Å². The van der Waals surface area contributed by atoms with Crippen molar-refractivity contribution < 1.29 is 9.32 Å². The Labute approximate surface area is 110 Å². The van der Waals surface area contributed by atoms with E-state index in [0.29, 0.717) is 23.0 Å². The van der Waals surface area contributed by atoms with Crippen molar-refractivity contribution in [3.05, 3.63) is 34.6 Å². The van der Waals surface area contributed by atoms with E-state index in [9.17, 15) is 4.79 Å². The van der Waals surface area contributed by atoms with Crippen molar-refractivity contribution in [1.29, 1.82) is 0 Å². The number of amides is 1. The molecule has 0 spiro atoms. The Hall–Kier alpha value is -2.41. The van der Waals surface area contributed by atoms with Crippen LogP contribution >= 0.6 is 0 Å². The molecule has 1 amide bonds. The smallest absolute Gasteiger partial charge is 0.258 e. The van der Waals surface area contributed by atoms with Crippen molar-refractivity contribution >= 4 is 17.6 Å². The van der Waals surface area contributed by atoms with E-state index >= 15 is 0 Å². The highest BCUT2D eigenvalue weighted by Gasteiger charge is 2.14. The van der Waals surface area contributed by atoms with E-state index in [0.717, 1.165) is 11.3 Å². The molecular weight excluding hydrogens is 246 g/mol. The average molecular weight is 261 g/mol. The molecule has 2 aromatic rings. The number of carbonyl (C=O) groups is 1. The predicted octanol–water partition coefficient (Wildman–Crippen LogP) is 1.53. The van der Waals surface area contributed by atoms with Crippen molar-refractivity contribution in [1.82, 2.24) is 10.1 Å². The van der Waals surface area contributed by atoms with Crippen LogP contribution in [0.25, 0.3) is 0 Å². The molecule has 0 fully saturated rings. The van der Waals surface area contributed by atoms with Gasteiger partial charge in [-0.25, -0.2) is 10.8 Å². The third kappa shape index (κ3) is 2.71. The van der Waals surface area contributed by atoms with Gasteiger partial charge in [0.15, 0.2) is 0 Å². The molecule has 2 aromatic heterocycles. The molecule has 0 aliphatic carbocycles. The second-order valence-corrected chi connectivity index (χ2v) is 4.20. The molecule has 4 N–H and O–H groups in total. The van der Waals surface area contributed by atoms with Crippen LogP contribution in [0.15, 0.2) is 16.7 Å². The minimum atomic E-state index is -0.304. The van der Waals surface area contributed by atoms with Gasteiger partial charge in [-0.3, -0.25) is 10.1 Å². The van der Waals surface area contributed by atoms with E-state index in [1.807, 2.05) is 13.8 Å². The molecule has 0 aromatic carbocycles. The number of nitrogens with zero attached hydrogens (tertiary/aromatic N) is 2. The predicted molar refractivity (Wildman–Crippen MR) is 70.7 cm³/mol. The molecule has 2 rings (SSSR count). The van der Waals surface area contributed by atoms with Crippen LogP contribution in [0.4, 0.5) is 11.7 Å². The van der Waals surface area contributed by atoms with Crippen molar-refractivity contribution in [3.8, 4) is 0 Å². The summed E-state index contributed by atoms with van der Waals surface area (Å²) in [6.07, 6.45) is 0. The van der Waals surface area contributed by atoms with Crippen molar-refractivity contribution in [2.45, 2.75) is 20.8 Å². The van der Waals surface area contributed by atoms with Crippen molar-refractivity contribution in [2.24, 2.45) is 5.84 Å². The zero-order valence-corrected chi connectivity index (χ0v) is 10.9. The Morgan fingerprint density at radius 1 is 1.32 bits per heavy atom. The zero-order valence-electron chi connectivity index (χ0n) is 10.9. The highest BCUT2D eigenvalue weighted by molar-refractivity contribution is 6.04. The maximum Gasteiger partial charge on any atom is 0.258 e. The van der Waals surface area contributed by atoms with Crippen LogP contribution in [0.3, 0.4) is 0 Å². The zero-order chi connectivity index (χ0) is 14.0. The molecule has 0 saturated carbocycles. The topological polar surface area (TPSA) is 106 Å². The Morgan fingerprint density at radius 2 is 2.05 bits per heavy atom. The summed E-state index contributed by atoms with van der Waals surface area (Å²) in [5.74, 6) is 5.76. The van der Waals surface area contributed by atoms with Gasteiger partial charge in [0, 0.05) is 16.8 Å². The number of hydrogen-bond donors (Lipinski definition) is 3. The fourth-order valence-corrected chi connectivity index (χ4v) is 1.58. The lowest BCUT2D eigenvalue weighted by atomic mass is 10.2. The second-order valence-electron chi connectivity index (χ2n) is 4.20. The minimum absolute atomic E-state index is 0.304. The average Bonchev–Trinajstić information content (AvgIpc) is 2.70. The summed E-state index contributed by atoms with van der Waals surface area (Å²) >= 11 is 0. The normalized spacial score (nSPS) is 10.3. The molecule has 0 saturated heterocycles. The summed E-state index contributed by atoms with van der Waals surface area (Å²) in [6, 6.07) is 3.22. The molecule has 0 atom stereocenters. The van der Waals surface area contributed by atoms with E-state index in [2.05, 4.69) is 20.9 Å². The fourth-order valence-electron chi connectivity index (χ4n) is 1.58. The molecule has 100 valence electrons. The number of hydrogen-bond acceptors (Lipinski definition) is 6. The highest BCUT2D eigenvalue weighted by atomic mass is 16.5. The highest BCUT2D eigenvalue weighted by Crippen LogP contribution is 2.19. The van der Waals surface area contributed by atoms with E-state index in [1.165, 1.54) is 0 Å². The van der Waals surface area contributed by atoms with Gasteiger partial charge in [0.2, 0.25) is 5.88 Å². The van der Waals surface area contributed by atoms with Gasteiger partial charge >= 0.3 is 0 Å². The first-order valence-corrected chi connectivity index (χ1v) is 5.71. The molecule has 0 bridgehead atoms. The molecule has 0 unspecified atom stereocenters. The quantitative estimate of drug-likeness (QED) is 0.571. The van der Waals surface area contributed by atoms with Gasteiger partial charge in [-0.15, -0.1) is 0 Å². The number of nitrogen functional groups attached to an aromatic ring is 1. The number of nitrogens with two attached hydrogens (primary N) is 1. The van der Waals surface area contributed by atoms with Crippen LogP contribution in [0, 0.1) is 20.8 Å². The second kappa shape index (κ2) is 5.07. The Kier molecular flexibility index (Phi) is 3.48. The summed E-state index contributed by atoms with van der Waals surface area (Å²) in [5, 5.41) is 6.44. The molecule has 0 aliphatic heterocycles. The minimum Gasteiger partial charge on any atom is -0.338 e. The monoisotopic (exact) mass is 261 g/mol. The van der Waals surface area contributed by atoms with Crippen molar-refractivity contribution in [3.63, 3.8) is 0 Å². The molecule has 2 heterocycles. The SMILES string of the molecule is Cc1cc(C(=O)Nc2onc(C)c2C)cc(NN)n1. The number of aryl methyl sites for hydroxylation is 2. The van der Waals surface area contributed by atoms with Crippen LogP contribution in [0.5, 0.6) is 0 Å². The summed E-state index contributed by atoms with van der Waals surface area (Å²) in [4.78, 5) is 16.2. The number of rotatable bonds is 3. The van der Waals surface area contributed by atoms with Gasteiger partial charge in [-0.05, 0) is 32.9 Å². The molecule has 0 aliphatic rings. The summed E-state index contributed by atoms with van der Waals surface area (Å²) in [7, 11) is 0. The first-order valence-electron chi connectivity index (χ1n) is 5.71. The Balaban J connectivity index is 2.25. The molecule has 7 heteroatoms. The first kappa shape index (κ1) is 13.0. The first-order chi connectivity index (χ1) is 9.01. The summed E-state index contributed by atoms with van der Waals surface area (Å²) in [6.45, 7) is 5.41. The molecule has 0 radical (unpaired) electrons. The summed E-state index contributed by atoms with van der Waals surface area (Å²) < 4.78 is 5.04. The largest absolute Gasteiger partial charge is 0.338 e. The Bertz CT molecular complexity index is 621.